The highest BCUT2D eigenvalue weighted by atomic mass is 32.1. The number of aromatic nitrogens is 1. The lowest BCUT2D eigenvalue weighted by Gasteiger charge is -2.16. The summed E-state index contributed by atoms with van der Waals surface area (Å²) in [6.45, 7) is 5.79. The SMILES string of the molecule is Cc1nc(C)c(C(C)NC(=O)C(C#N)c2ccccc2)s1. The predicted octanol–water partition coefficient (Wildman–Crippen LogP) is 3.24. The van der Waals surface area contributed by atoms with E-state index in [1.54, 1.807) is 23.5 Å². The van der Waals surface area contributed by atoms with E-state index in [4.69, 9.17) is 0 Å². The third kappa shape index (κ3) is 3.47. The Kier molecular flexibility index (Phi) is 4.71. The molecule has 2 rings (SSSR count). The smallest absolute Gasteiger partial charge is 0.242 e. The van der Waals surface area contributed by atoms with Crippen molar-refractivity contribution < 1.29 is 4.79 Å². The molecule has 0 bridgehead atoms. The summed E-state index contributed by atoms with van der Waals surface area (Å²) in [5, 5.41) is 13.2. The van der Waals surface area contributed by atoms with E-state index in [9.17, 15) is 10.1 Å². The molecule has 1 N–H and O–H groups in total. The monoisotopic (exact) mass is 299 g/mol. The van der Waals surface area contributed by atoms with Gasteiger partial charge in [-0.05, 0) is 26.3 Å². The van der Waals surface area contributed by atoms with Crippen LogP contribution in [0, 0.1) is 25.2 Å². The van der Waals surface area contributed by atoms with E-state index in [-0.39, 0.29) is 11.9 Å². The molecule has 0 radical (unpaired) electrons. The Bertz CT molecular complexity index is 673. The molecule has 2 atom stereocenters. The minimum absolute atomic E-state index is 0.150. The molecule has 21 heavy (non-hydrogen) atoms. The third-order valence-electron chi connectivity index (χ3n) is 3.22. The molecule has 1 aromatic carbocycles. The predicted molar refractivity (Wildman–Crippen MR) is 82.9 cm³/mol. The molecule has 4 nitrogen and oxygen atoms in total. The molecule has 0 saturated carbocycles. The lowest BCUT2D eigenvalue weighted by atomic mass is 9.99. The highest BCUT2D eigenvalue weighted by Crippen LogP contribution is 2.25. The minimum atomic E-state index is -0.789. The van der Waals surface area contributed by atoms with E-state index in [0.29, 0.717) is 5.56 Å². The first-order valence-electron chi connectivity index (χ1n) is 6.71. The molecule has 5 heteroatoms. The van der Waals surface area contributed by atoms with Gasteiger partial charge in [0.15, 0.2) is 0 Å². The minimum Gasteiger partial charge on any atom is -0.347 e. The van der Waals surface area contributed by atoms with E-state index >= 15 is 0 Å². The maximum atomic E-state index is 12.3. The maximum Gasteiger partial charge on any atom is 0.242 e. The zero-order valence-electron chi connectivity index (χ0n) is 12.3. The molecule has 108 valence electrons. The van der Waals surface area contributed by atoms with Crippen LogP contribution in [0.25, 0.3) is 0 Å². The second kappa shape index (κ2) is 6.51. The largest absolute Gasteiger partial charge is 0.347 e. The van der Waals surface area contributed by atoms with Gasteiger partial charge < -0.3 is 5.32 Å². The molecule has 1 aromatic heterocycles. The second-order valence-corrected chi connectivity index (χ2v) is 6.12. The molecule has 0 saturated heterocycles. The molecule has 0 aliphatic heterocycles. The standard InChI is InChI=1S/C16H17N3OS/c1-10-15(21-12(3)18-10)11(2)19-16(20)14(9-17)13-7-5-4-6-8-13/h4-8,11,14H,1-3H3,(H,19,20). The fourth-order valence-electron chi connectivity index (χ4n) is 2.24. The van der Waals surface area contributed by atoms with Crippen LogP contribution in [0.3, 0.4) is 0 Å². The van der Waals surface area contributed by atoms with Crippen LogP contribution in [0.5, 0.6) is 0 Å². The van der Waals surface area contributed by atoms with Crippen molar-refractivity contribution in [1.82, 2.24) is 10.3 Å². The summed E-state index contributed by atoms with van der Waals surface area (Å²) in [4.78, 5) is 17.7. The van der Waals surface area contributed by atoms with Gasteiger partial charge in [-0.2, -0.15) is 5.26 Å². The Morgan fingerprint density at radius 3 is 2.52 bits per heavy atom. The topological polar surface area (TPSA) is 65.8 Å². The van der Waals surface area contributed by atoms with E-state index in [2.05, 4.69) is 16.4 Å². The average Bonchev–Trinajstić information content (AvgIpc) is 2.80. The Morgan fingerprint density at radius 1 is 1.33 bits per heavy atom. The first-order valence-corrected chi connectivity index (χ1v) is 7.53. The third-order valence-corrected chi connectivity index (χ3v) is 4.47. The highest BCUT2D eigenvalue weighted by Gasteiger charge is 2.23. The number of nitriles is 1. The number of hydrogen-bond acceptors (Lipinski definition) is 4. The van der Waals surface area contributed by atoms with Gasteiger partial charge in [-0.1, -0.05) is 30.3 Å². The number of benzene rings is 1. The van der Waals surface area contributed by atoms with Crippen molar-refractivity contribution in [2.45, 2.75) is 32.7 Å². The van der Waals surface area contributed by atoms with Crippen LogP contribution in [0.15, 0.2) is 30.3 Å². The van der Waals surface area contributed by atoms with Crippen molar-refractivity contribution in [2.24, 2.45) is 0 Å². The van der Waals surface area contributed by atoms with Crippen LogP contribution in [-0.4, -0.2) is 10.9 Å². The van der Waals surface area contributed by atoms with Crippen LogP contribution in [0.4, 0.5) is 0 Å². The second-order valence-electron chi connectivity index (χ2n) is 4.89. The van der Waals surface area contributed by atoms with Crippen molar-refractivity contribution >= 4 is 17.2 Å². The lowest BCUT2D eigenvalue weighted by molar-refractivity contribution is -0.122. The summed E-state index contributed by atoms with van der Waals surface area (Å²) in [5.41, 5.74) is 1.64. The van der Waals surface area contributed by atoms with Gasteiger partial charge in [-0.15, -0.1) is 11.3 Å². The van der Waals surface area contributed by atoms with Gasteiger partial charge in [0.05, 0.1) is 22.8 Å². The van der Waals surface area contributed by atoms with Gasteiger partial charge in [0.1, 0.15) is 5.92 Å². The van der Waals surface area contributed by atoms with Gasteiger partial charge in [-0.3, -0.25) is 4.79 Å². The van der Waals surface area contributed by atoms with Gasteiger partial charge in [-0.25, -0.2) is 4.98 Å². The summed E-state index contributed by atoms with van der Waals surface area (Å²) >= 11 is 1.57. The van der Waals surface area contributed by atoms with E-state index < -0.39 is 5.92 Å². The van der Waals surface area contributed by atoms with Crippen molar-refractivity contribution in [3.63, 3.8) is 0 Å². The summed E-state index contributed by atoms with van der Waals surface area (Å²) in [6, 6.07) is 11.0. The van der Waals surface area contributed by atoms with Gasteiger partial charge in [0.2, 0.25) is 5.91 Å². The van der Waals surface area contributed by atoms with Gasteiger partial charge >= 0.3 is 0 Å². The zero-order chi connectivity index (χ0) is 15.4. The normalized spacial score (nSPS) is 13.2. The van der Waals surface area contributed by atoms with Crippen LogP contribution in [-0.2, 0) is 4.79 Å². The van der Waals surface area contributed by atoms with E-state index in [0.717, 1.165) is 15.6 Å². The fraction of sp³-hybridized carbons (Fsp3) is 0.312. The molecule has 2 unspecified atom stereocenters. The molecular weight excluding hydrogens is 282 g/mol. The number of nitrogens with zero attached hydrogens (tertiary/aromatic N) is 2. The summed E-state index contributed by atoms with van der Waals surface area (Å²) in [5.74, 6) is -1.07. The molecule has 1 heterocycles. The number of carbonyl (C=O) groups is 1. The Labute approximate surface area is 128 Å². The van der Waals surface area contributed by atoms with Gasteiger partial charge in [0, 0.05) is 4.88 Å². The number of carbonyl (C=O) groups excluding carboxylic acids is 1. The summed E-state index contributed by atoms with van der Waals surface area (Å²) < 4.78 is 0. The Hall–Kier alpha value is -2.19. The average molecular weight is 299 g/mol. The number of rotatable bonds is 4. The van der Waals surface area contributed by atoms with Crippen molar-refractivity contribution in [1.29, 1.82) is 5.26 Å². The van der Waals surface area contributed by atoms with Crippen LogP contribution in [0.2, 0.25) is 0 Å². The molecular formula is C16H17N3OS. The van der Waals surface area contributed by atoms with Crippen LogP contribution >= 0.6 is 11.3 Å². The van der Waals surface area contributed by atoms with E-state index in [1.165, 1.54) is 0 Å². The first-order chi connectivity index (χ1) is 10.0. The molecule has 2 aromatic rings. The number of hydrogen-bond donors (Lipinski definition) is 1. The van der Waals surface area contributed by atoms with E-state index in [1.807, 2.05) is 39.0 Å². The Balaban J connectivity index is 2.13. The van der Waals surface area contributed by atoms with Gasteiger partial charge in [0.25, 0.3) is 0 Å². The maximum absolute atomic E-state index is 12.3. The fourth-order valence-corrected chi connectivity index (χ4v) is 3.17. The molecule has 0 spiro atoms. The number of thiazole rings is 1. The zero-order valence-corrected chi connectivity index (χ0v) is 13.1. The number of nitrogens with one attached hydrogen (secondary N) is 1. The quantitative estimate of drug-likeness (QED) is 0.942. The van der Waals surface area contributed by atoms with Crippen LogP contribution < -0.4 is 5.32 Å². The van der Waals surface area contributed by atoms with Crippen molar-refractivity contribution in [3.05, 3.63) is 51.5 Å². The molecule has 0 fully saturated rings. The van der Waals surface area contributed by atoms with Crippen molar-refractivity contribution in [2.75, 3.05) is 0 Å². The van der Waals surface area contributed by atoms with Crippen molar-refractivity contribution in [3.8, 4) is 6.07 Å². The lowest BCUT2D eigenvalue weighted by Crippen LogP contribution is -2.31. The Morgan fingerprint density at radius 2 is 2.00 bits per heavy atom. The summed E-state index contributed by atoms with van der Waals surface area (Å²) in [6.07, 6.45) is 0. The summed E-state index contributed by atoms with van der Waals surface area (Å²) in [7, 11) is 0. The first kappa shape index (κ1) is 15.2. The number of aryl methyl sites for hydroxylation is 2. The molecule has 0 aliphatic carbocycles. The molecule has 1 amide bonds. The number of amides is 1. The van der Waals surface area contributed by atoms with Crippen LogP contribution in [0.1, 0.15) is 40.0 Å². The molecule has 0 aliphatic rings. The highest BCUT2D eigenvalue weighted by molar-refractivity contribution is 7.11.